The molecule has 2 aromatic carbocycles. The third-order valence-corrected chi connectivity index (χ3v) is 7.68. The monoisotopic (exact) mass is 548 g/mol. The Hall–Kier alpha value is -3.11. The predicted molar refractivity (Wildman–Crippen MR) is 148 cm³/mol. The highest BCUT2D eigenvalue weighted by Gasteiger charge is 2.41. The van der Waals surface area contributed by atoms with Crippen LogP contribution in [-0.4, -0.2) is 18.1 Å². The molecule has 0 spiro atoms. The Bertz CT molecular complexity index is 1260. The van der Waals surface area contributed by atoms with E-state index in [2.05, 4.69) is 34.2 Å². The molecule has 0 aromatic heterocycles. The summed E-state index contributed by atoms with van der Waals surface area (Å²) < 4.78 is 6.85. The molecule has 0 bridgehead atoms. The van der Waals surface area contributed by atoms with Crippen molar-refractivity contribution in [1.29, 1.82) is 5.26 Å². The highest BCUT2D eigenvalue weighted by Crippen LogP contribution is 2.47. The number of hydrogen-bond acceptors (Lipinski definition) is 6. The number of Topliss-reactive ketones (excluding diaryl/α,β-unsaturated/α-hetero) is 1. The van der Waals surface area contributed by atoms with Crippen LogP contribution in [0.2, 0.25) is 0 Å². The van der Waals surface area contributed by atoms with Gasteiger partial charge < -0.3 is 15.8 Å². The Balaban J connectivity index is 1.75. The first-order valence-corrected chi connectivity index (χ1v) is 13.4. The fourth-order valence-electron chi connectivity index (χ4n) is 5.38. The average molecular weight is 550 g/mol. The molecule has 0 saturated heterocycles. The normalized spacial score (nSPS) is 21.5. The minimum atomic E-state index is -0.500. The second-order valence-corrected chi connectivity index (χ2v) is 10.4. The Kier molecular flexibility index (Phi) is 8.15. The maximum Gasteiger partial charge on any atom is 0.161 e. The van der Waals surface area contributed by atoms with Crippen LogP contribution in [-0.2, 0) is 11.3 Å². The number of carbonyl (C=O) groups excluding carboxylic acids is 1. The molecule has 2 aliphatic rings. The van der Waals surface area contributed by atoms with Gasteiger partial charge in [-0.1, -0.05) is 31.5 Å². The largest absolute Gasteiger partial charge is 0.492 e. The number of ketones is 1. The molecule has 1 heterocycles. The van der Waals surface area contributed by atoms with E-state index in [-0.39, 0.29) is 11.7 Å². The molecule has 7 heteroatoms. The zero-order chi connectivity index (χ0) is 25.8. The van der Waals surface area contributed by atoms with Gasteiger partial charge in [0, 0.05) is 46.0 Å². The number of anilines is 2. The van der Waals surface area contributed by atoms with E-state index in [0.717, 1.165) is 57.6 Å². The number of halogens is 1. The van der Waals surface area contributed by atoms with Crippen LogP contribution in [0.15, 0.2) is 57.1 Å². The molecule has 1 aliphatic heterocycles. The minimum absolute atomic E-state index is 0.118. The van der Waals surface area contributed by atoms with E-state index in [1.807, 2.05) is 50.2 Å². The third-order valence-electron chi connectivity index (χ3n) is 7.06. The molecular weight excluding hydrogens is 516 g/mol. The zero-order valence-electron chi connectivity index (χ0n) is 21.1. The number of nitrogens with one attached hydrogen (secondary N) is 1. The average Bonchev–Trinajstić information content (AvgIpc) is 2.84. The van der Waals surface area contributed by atoms with Gasteiger partial charge in [0.25, 0.3) is 0 Å². The van der Waals surface area contributed by atoms with E-state index in [1.165, 1.54) is 0 Å². The van der Waals surface area contributed by atoms with Crippen molar-refractivity contribution in [3.05, 3.63) is 63.3 Å². The molecule has 3 unspecified atom stereocenters. The van der Waals surface area contributed by atoms with Gasteiger partial charge in [0.2, 0.25) is 0 Å². The van der Waals surface area contributed by atoms with Gasteiger partial charge in [-0.15, -0.1) is 0 Å². The van der Waals surface area contributed by atoms with Crippen molar-refractivity contribution in [2.45, 2.75) is 58.9 Å². The Labute approximate surface area is 221 Å². The van der Waals surface area contributed by atoms with Crippen LogP contribution >= 0.6 is 15.9 Å². The molecule has 3 N–H and O–H groups in total. The molecular formula is C29H33BrN4O2. The van der Waals surface area contributed by atoms with Crippen LogP contribution in [0.5, 0.6) is 5.75 Å². The number of nitrogens with zero attached hydrogens (tertiary/aromatic N) is 2. The molecule has 0 radical (unpaired) electrons. The number of ether oxygens (including phenoxy) is 1. The van der Waals surface area contributed by atoms with E-state index in [9.17, 15) is 10.1 Å². The number of hydrogen-bond donors (Lipinski definition) is 2. The van der Waals surface area contributed by atoms with Gasteiger partial charge in [-0.05, 0) is 77.9 Å². The number of nitrogen functional groups attached to an aromatic ring is 1. The van der Waals surface area contributed by atoms with Crippen molar-refractivity contribution in [3.8, 4) is 11.8 Å². The molecule has 6 nitrogen and oxygen atoms in total. The molecule has 0 saturated carbocycles. The van der Waals surface area contributed by atoms with Gasteiger partial charge >= 0.3 is 0 Å². The van der Waals surface area contributed by atoms with E-state index in [4.69, 9.17) is 15.5 Å². The van der Waals surface area contributed by atoms with Crippen molar-refractivity contribution in [3.63, 3.8) is 0 Å². The van der Waals surface area contributed by atoms with E-state index >= 15 is 0 Å². The second-order valence-electron chi connectivity index (χ2n) is 9.55. The number of rotatable bonds is 8. The summed E-state index contributed by atoms with van der Waals surface area (Å²) in [4.78, 5) is 18.2. The van der Waals surface area contributed by atoms with Crippen LogP contribution in [0.3, 0.4) is 0 Å². The standard InChI is InChI=1S/C29H33BrN4O2/c1-4-8-18-11-24-28(25(35)12-18)27(21(15-31)17(3)34-24)20-13-22(30)29(26(14-20)36-5-2)33-16-19-9-6-7-10-23(19)32/h6-7,9-10,13-14,18,21,27,33H,4-5,8,11-12,16,32H2,1-3H3. The van der Waals surface area contributed by atoms with E-state index in [1.54, 1.807) is 0 Å². The number of allylic oxidation sites excluding steroid dienone is 2. The van der Waals surface area contributed by atoms with Gasteiger partial charge in [0.1, 0.15) is 5.75 Å². The molecule has 188 valence electrons. The highest BCUT2D eigenvalue weighted by atomic mass is 79.9. The fraction of sp³-hybridized carbons (Fsp3) is 0.414. The lowest BCUT2D eigenvalue weighted by molar-refractivity contribution is -0.117. The number of benzene rings is 2. The predicted octanol–water partition coefficient (Wildman–Crippen LogP) is 6.77. The van der Waals surface area contributed by atoms with Crippen molar-refractivity contribution in [1.82, 2.24) is 0 Å². The van der Waals surface area contributed by atoms with Gasteiger partial charge in [0.15, 0.2) is 5.78 Å². The van der Waals surface area contributed by atoms with Gasteiger partial charge in [-0.2, -0.15) is 5.26 Å². The Morgan fingerprint density at radius 1 is 1.25 bits per heavy atom. The lowest BCUT2D eigenvalue weighted by Gasteiger charge is -2.35. The number of aliphatic imine (C=N–C) groups is 1. The first-order valence-electron chi connectivity index (χ1n) is 12.6. The number of para-hydroxylation sites is 1. The fourth-order valence-corrected chi connectivity index (χ4v) is 5.98. The SMILES string of the molecule is CCCC1CC(=O)C2=C(C1)N=C(C)C(C#N)C2c1cc(Br)c(NCc2ccccc2N)c(OCC)c1. The van der Waals surface area contributed by atoms with Crippen molar-refractivity contribution >= 4 is 38.8 Å². The third kappa shape index (κ3) is 5.19. The maximum atomic E-state index is 13.4. The molecule has 2 aromatic rings. The highest BCUT2D eigenvalue weighted by molar-refractivity contribution is 9.10. The molecule has 4 rings (SSSR count). The maximum absolute atomic E-state index is 13.4. The summed E-state index contributed by atoms with van der Waals surface area (Å²) in [6.07, 6.45) is 3.36. The van der Waals surface area contributed by atoms with Crippen molar-refractivity contribution in [2.75, 3.05) is 17.7 Å². The van der Waals surface area contributed by atoms with E-state index in [0.29, 0.717) is 36.8 Å². The molecule has 1 aliphatic carbocycles. The molecule has 3 atom stereocenters. The first-order chi connectivity index (χ1) is 17.4. The Morgan fingerprint density at radius 2 is 2.03 bits per heavy atom. The molecule has 0 fully saturated rings. The summed E-state index contributed by atoms with van der Waals surface area (Å²) in [6, 6.07) is 14.1. The van der Waals surface area contributed by atoms with Gasteiger partial charge in [-0.25, -0.2) is 0 Å². The van der Waals surface area contributed by atoms with Crippen LogP contribution < -0.4 is 15.8 Å². The second kappa shape index (κ2) is 11.3. The summed E-state index contributed by atoms with van der Waals surface area (Å²) in [6.45, 7) is 7.00. The minimum Gasteiger partial charge on any atom is -0.492 e. The summed E-state index contributed by atoms with van der Waals surface area (Å²) in [5.74, 6) is 0.237. The lowest BCUT2D eigenvalue weighted by Crippen LogP contribution is -2.32. The summed E-state index contributed by atoms with van der Waals surface area (Å²) >= 11 is 3.73. The zero-order valence-corrected chi connectivity index (χ0v) is 22.7. The summed E-state index contributed by atoms with van der Waals surface area (Å²) in [5, 5.41) is 13.6. The topological polar surface area (TPSA) is 100 Å². The van der Waals surface area contributed by atoms with E-state index < -0.39 is 5.92 Å². The summed E-state index contributed by atoms with van der Waals surface area (Å²) in [5.41, 5.74) is 11.9. The van der Waals surface area contributed by atoms with Gasteiger partial charge in [0.05, 0.1) is 24.3 Å². The number of carbonyl (C=O) groups is 1. The van der Waals surface area contributed by atoms with Crippen LogP contribution in [0.25, 0.3) is 0 Å². The van der Waals surface area contributed by atoms with Crippen LogP contribution in [0.4, 0.5) is 11.4 Å². The molecule has 0 amide bonds. The summed E-state index contributed by atoms with van der Waals surface area (Å²) in [7, 11) is 0. The van der Waals surface area contributed by atoms with Crippen LogP contribution in [0, 0.1) is 23.2 Å². The van der Waals surface area contributed by atoms with Crippen molar-refractivity contribution in [2.24, 2.45) is 16.8 Å². The Morgan fingerprint density at radius 3 is 2.72 bits per heavy atom. The lowest BCUT2D eigenvalue weighted by atomic mass is 9.70. The smallest absolute Gasteiger partial charge is 0.161 e. The number of nitriles is 1. The quantitative estimate of drug-likeness (QED) is 0.354. The van der Waals surface area contributed by atoms with Gasteiger partial charge in [-0.3, -0.25) is 9.79 Å². The van der Waals surface area contributed by atoms with Crippen LogP contribution in [0.1, 0.15) is 63.5 Å². The first kappa shape index (κ1) is 26.0. The van der Waals surface area contributed by atoms with Crippen molar-refractivity contribution < 1.29 is 9.53 Å². The number of nitrogens with two attached hydrogens (primary N) is 1. The molecule has 36 heavy (non-hydrogen) atoms.